The third-order valence-electron chi connectivity index (χ3n) is 1.48. The van der Waals surface area contributed by atoms with Crippen LogP contribution in [0.25, 0.3) is 0 Å². The first-order valence-corrected chi connectivity index (χ1v) is 6.10. The molecule has 0 unspecified atom stereocenters. The van der Waals surface area contributed by atoms with Gasteiger partial charge < -0.3 is 5.73 Å². The van der Waals surface area contributed by atoms with Crippen LogP contribution in [-0.4, -0.2) is 13.4 Å². The molecule has 1 rings (SSSR count). The molecule has 84 valence electrons. The second-order valence-electron chi connectivity index (χ2n) is 2.48. The molecule has 4 nitrogen and oxygen atoms in total. The molecule has 0 aliphatic carbocycles. The van der Waals surface area contributed by atoms with Gasteiger partial charge in [0.2, 0.25) is 0 Å². The Labute approximate surface area is 93.4 Å². The molecule has 1 aromatic rings. The van der Waals surface area contributed by atoms with Crippen molar-refractivity contribution < 1.29 is 17.2 Å². The molecular formula is C6H4Cl2F2N2O2S. The number of alkyl halides is 2. The van der Waals surface area contributed by atoms with Gasteiger partial charge in [-0.25, -0.2) is 17.2 Å². The van der Waals surface area contributed by atoms with Crippen molar-refractivity contribution in [3.63, 3.8) is 0 Å². The van der Waals surface area contributed by atoms with Gasteiger partial charge in [0.15, 0.2) is 0 Å². The van der Waals surface area contributed by atoms with Crippen molar-refractivity contribution in [1.82, 2.24) is 4.98 Å². The molecule has 0 radical (unpaired) electrons. The van der Waals surface area contributed by atoms with E-state index in [2.05, 4.69) is 4.98 Å². The summed E-state index contributed by atoms with van der Waals surface area (Å²) in [6.45, 7) is 0. The highest BCUT2D eigenvalue weighted by Crippen LogP contribution is 2.35. The summed E-state index contributed by atoms with van der Waals surface area (Å²) in [7, 11) is 0.530. The molecule has 0 bridgehead atoms. The van der Waals surface area contributed by atoms with Crippen molar-refractivity contribution in [3.8, 4) is 0 Å². The van der Waals surface area contributed by atoms with Crippen molar-refractivity contribution in [2.45, 2.75) is 11.3 Å². The summed E-state index contributed by atoms with van der Waals surface area (Å²) in [5, 5.41) is -0.546. The molecule has 0 saturated carbocycles. The van der Waals surface area contributed by atoms with Gasteiger partial charge in [0.25, 0.3) is 15.5 Å². The van der Waals surface area contributed by atoms with Gasteiger partial charge >= 0.3 is 0 Å². The van der Waals surface area contributed by atoms with Crippen LogP contribution in [0.2, 0.25) is 5.02 Å². The summed E-state index contributed by atoms with van der Waals surface area (Å²) in [6, 6.07) is 0. The molecule has 15 heavy (non-hydrogen) atoms. The Morgan fingerprint density at radius 1 is 1.47 bits per heavy atom. The maximum atomic E-state index is 12.4. The summed E-state index contributed by atoms with van der Waals surface area (Å²) in [6.07, 6.45) is -2.26. The molecule has 0 aromatic carbocycles. The monoisotopic (exact) mass is 276 g/mol. The molecule has 0 aliphatic heterocycles. The highest BCUT2D eigenvalue weighted by Gasteiger charge is 2.27. The van der Waals surface area contributed by atoms with E-state index in [0.717, 1.165) is 6.20 Å². The lowest BCUT2D eigenvalue weighted by molar-refractivity contribution is 0.142. The molecule has 0 fully saturated rings. The van der Waals surface area contributed by atoms with Gasteiger partial charge in [-0.3, -0.25) is 4.98 Å². The van der Waals surface area contributed by atoms with E-state index in [0.29, 0.717) is 0 Å². The Hall–Kier alpha value is -0.660. The van der Waals surface area contributed by atoms with Gasteiger partial charge in [-0.2, -0.15) is 0 Å². The number of nitrogens with zero attached hydrogens (tertiary/aromatic N) is 1. The van der Waals surface area contributed by atoms with Gasteiger partial charge in [-0.15, -0.1) is 0 Å². The molecule has 0 atom stereocenters. The van der Waals surface area contributed by atoms with E-state index >= 15 is 0 Å². The van der Waals surface area contributed by atoms with Crippen LogP contribution in [0.15, 0.2) is 11.1 Å². The largest absolute Gasteiger partial charge is 0.396 e. The lowest BCUT2D eigenvalue weighted by Crippen LogP contribution is -2.05. The number of pyridine rings is 1. The average Bonchev–Trinajstić information content (AvgIpc) is 2.06. The Kier molecular flexibility index (Phi) is 3.37. The first-order valence-electron chi connectivity index (χ1n) is 3.42. The highest BCUT2D eigenvalue weighted by molar-refractivity contribution is 8.13. The summed E-state index contributed by atoms with van der Waals surface area (Å²) in [5.41, 5.74) is 3.98. The molecule has 2 N–H and O–H groups in total. The van der Waals surface area contributed by atoms with Crippen LogP contribution in [-0.2, 0) is 9.05 Å². The third kappa shape index (κ3) is 2.47. The van der Waals surface area contributed by atoms with Crippen LogP contribution in [0.4, 0.5) is 14.5 Å². The van der Waals surface area contributed by atoms with Crippen LogP contribution in [0.3, 0.4) is 0 Å². The van der Waals surface area contributed by atoms with Crippen molar-refractivity contribution in [3.05, 3.63) is 16.9 Å². The molecular weight excluding hydrogens is 273 g/mol. The molecule has 1 aromatic heterocycles. The SMILES string of the molecule is Nc1cnc(C(F)F)c(S(=O)(=O)Cl)c1Cl. The van der Waals surface area contributed by atoms with Crippen LogP contribution in [0.5, 0.6) is 0 Å². The summed E-state index contributed by atoms with van der Waals surface area (Å²) in [5.74, 6) is 0. The lowest BCUT2D eigenvalue weighted by atomic mass is 10.3. The predicted molar refractivity (Wildman–Crippen MR) is 51.7 cm³/mol. The zero-order chi connectivity index (χ0) is 11.8. The summed E-state index contributed by atoms with van der Waals surface area (Å²) in [4.78, 5) is 2.24. The summed E-state index contributed by atoms with van der Waals surface area (Å²) < 4.78 is 46.7. The van der Waals surface area contributed by atoms with Gasteiger partial charge in [0.1, 0.15) is 10.6 Å². The van der Waals surface area contributed by atoms with Gasteiger partial charge in [0.05, 0.1) is 16.9 Å². The van der Waals surface area contributed by atoms with Crippen molar-refractivity contribution in [2.75, 3.05) is 5.73 Å². The van der Waals surface area contributed by atoms with E-state index in [9.17, 15) is 17.2 Å². The predicted octanol–water partition coefficient (Wildman–Crippen LogP) is 2.18. The normalized spacial score (nSPS) is 12.1. The minimum Gasteiger partial charge on any atom is -0.396 e. The Morgan fingerprint density at radius 2 is 2.00 bits per heavy atom. The van der Waals surface area contributed by atoms with E-state index in [-0.39, 0.29) is 5.69 Å². The van der Waals surface area contributed by atoms with Crippen LogP contribution in [0, 0.1) is 0 Å². The molecule has 0 amide bonds. The fourth-order valence-electron chi connectivity index (χ4n) is 0.885. The van der Waals surface area contributed by atoms with Crippen molar-refractivity contribution in [2.24, 2.45) is 0 Å². The fraction of sp³-hybridized carbons (Fsp3) is 0.167. The van der Waals surface area contributed by atoms with Crippen molar-refractivity contribution >= 4 is 37.0 Å². The maximum absolute atomic E-state index is 12.4. The van der Waals surface area contributed by atoms with E-state index in [1.807, 2.05) is 0 Å². The topological polar surface area (TPSA) is 73.0 Å². The van der Waals surface area contributed by atoms with Crippen LogP contribution in [0.1, 0.15) is 12.1 Å². The standard InChI is InChI=1S/C6H4Cl2F2N2O2S/c7-3-2(11)1-12-4(6(9)10)5(3)15(8,13)14/h1,6H,11H2. The number of anilines is 1. The molecule has 1 heterocycles. The lowest BCUT2D eigenvalue weighted by Gasteiger charge is -2.08. The molecule has 0 spiro atoms. The van der Waals surface area contributed by atoms with Gasteiger partial charge in [-0.05, 0) is 0 Å². The second-order valence-corrected chi connectivity index (χ2v) is 5.36. The number of nitrogens with two attached hydrogens (primary N) is 1. The van der Waals surface area contributed by atoms with E-state index < -0.39 is 31.1 Å². The maximum Gasteiger partial charge on any atom is 0.281 e. The van der Waals surface area contributed by atoms with E-state index in [1.165, 1.54) is 0 Å². The minimum atomic E-state index is -4.41. The number of aromatic nitrogens is 1. The Morgan fingerprint density at radius 3 is 2.40 bits per heavy atom. The van der Waals surface area contributed by atoms with Crippen LogP contribution < -0.4 is 5.73 Å². The second kappa shape index (κ2) is 4.07. The minimum absolute atomic E-state index is 0.236. The van der Waals surface area contributed by atoms with E-state index in [4.69, 9.17) is 28.0 Å². The number of hydrogen-bond acceptors (Lipinski definition) is 4. The van der Waals surface area contributed by atoms with Gasteiger partial charge in [-0.1, -0.05) is 11.6 Å². The Bertz CT molecular complexity index is 492. The number of rotatable bonds is 2. The third-order valence-corrected chi connectivity index (χ3v) is 3.36. The van der Waals surface area contributed by atoms with Gasteiger partial charge in [0, 0.05) is 10.7 Å². The molecule has 0 aliphatic rings. The van der Waals surface area contributed by atoms with Crippen molar-refractivity contribution in [1.29, 1.82) is 0 Å². The quantitative estimate of drug-likeness (QED) is 0.841. The average molecular weight is 277 g/mol. The molecule has 9 heteroatoms. The zero-order valence-corrected chi connectivity index (χ0v) is 9.24. The molecule has 0 saturated heterocycles. The van der Waals surface area contributed by atoms with E-state index in [1.54, 1.807) is 0 Å². The first-order chi connectivity index (χ1) is 6.75. The summed E-state index contributed by atoms with van der Waals surface area (Å²) >= 11 is 5.47. The highest BCUT2D eigenvalue weighted by atomic mass is 35.7. The number of hydrogen-bond donors (Lipinski definition) is 1. The number of nitrogen functional groups attached to an aromatic ring is 1. The van der Waals surface area contributed by atoms with Crippen LogP contribution >= 0.6 is 22.3 Å². The number of halogens is 4. The fourth-order valence-corrected chi connectivity index (χ4v) is 2.65. The zero-order valence-electron chi connectivity index (χ0n) is 6.92. The Balaban J connectivity index is 3.65. The smallest absolute Gasteiger partial charge is 0.281 e. The first kappa shape index (κ1) is 12.4.